The maximum Gasteiger partial charge on any atom is 0.472 e. The highest BCUT2D eigenvalue weighted by Crippen LogP contribution is 2.45. The zero-order chi connectivity index (χ0) is 73.2. The molecule has 0 spiro atoms. The second-order valence-corrected chi connectivity index (χ2v) is 29.6. The van der Waals surface area contributed by atoms with E-state index in [1.165, 1.54) is 96.3 Å². The fourth-order valence-corrected chi connectivity index (χ4v) is 12.3. The molecule has 0 aliphatic rings. The van der Waals surface area contributed by atoms with Crippen molar-refractivity contribution in [2.24, 2.45) is 0 Å². The molecule has 0 saturated heterocycles. The first kappa shape index (κ1) is 96.2. The predicted molar refractivity (Wildman–Crippen MR) is 409 cm³/mol. The summed E-state index contributed by atoms with van der Waals surface area (Å²) in [4.78, 5) is 72.9. The minimum atomic E-state index is -4.98. The van der Waals surface area contributed by atoms with Crippen molar-refractivity contribution in [2.45, 2.75) is 367 Å². The molecule has 0 amide bonds. The number of rotatable bonds is 75. The van der Waals surface area contributed by atoms with Crippen molar-refractivity contribution in [1.29, 1.82) is 0 Å². The Kier molecular flexibility index (Phi) is 70.8. The second-order valence-electron chi connectivity index (χ2n) is 26.7. The van der Waals surface area contributed by atoms with Gasteiger partial charge < -0.3 is 33.8 Å². The third kappa shape index (κ3) is 72.6. The van der Waals surface area contributed by atoms with Gasteiger partial charge in [-0.2, -0.15) is 0 Å². The van der Waals surface area contributed by atoms with Crippen LogP contribution < -0.4 is 0 Å². The van der Waals surface area contributed by atoms with Crippen molar-refractivity contribution in [3.8, 4) is 0 Å². The Bertz CT molecular complexity index is 2230. The zero-order valence-corrected chi connectivity index (χ0v) is 65.2. The van der Waals surface area contributed by atoms with Gasteiger partial charge in [0.25, 0.3) is 0 Å². The van der Waals surface area contributed by atoms with Crippen LogP contribution in [0.3, 0.4) is 0 Å². The monoisotopic (exact) mass is 1450 g/mol. The number of carbonyl (C=O) groups excluding carboxylic acids is 4. The highest BCUT2D eigenvalue weighted by molar-refractivity contribution is 7.47. The lowest BCUT2D eigenvalue weighted by Gasteiger charge is -2.21. The van der Waals surface area contributed by atoms with Crippen molar-refractivity contribution in [1.82, 2.24) is 0 Å². The van der Waals surface area contributed by atoms with Gasteiger partial charge in [-0.1, -0.05) is 280 Å². The van der Waals surface area contributed by atoms with Crippen molar-refractivity contribution >= 4 is 39.5 Å². The Hall–Kier alpha value is -3.76. The van der Waals surface area contributed by atoms with Crippen molar-refractivity contribution in [3.05, 3.63) is 85.1 Å². The first-order chi connectivity index (χ1) is 48.7. The van der Waals surface area contributed by atoms with Crippen LogP contribution in [0, 0.1) is 0 Å². The Morgan fingerprint density at radius 2 is 0.490 bits per heavy atom. The van der Waals surface area contributed by atoms with Gasteiger partial charge in [-0.25, -0.2) is 9.13 Å². The third-order valence-corrected chi connectivity index (χ3v) is 18.7. The van der Waals surface area contributed by atoms with E-state index in [0.29, 0.717) is 25.7 Å². The number of phosphoric acid groups is 2. The number of ether oxygens (including phenoxy) is 4. The number of esters is 4. The van der Waals surface area contributed by atoms with Gasteiger partial charge in [0.1, 0.15) is 19.3 Å². The number of hydrogen-bond acceptors (Lipinski definition) is 15. The van der Waals surface area contributed by atoms with E-state index >= 15 is 0 Å². The second kappa shape index (κ2) is 73.5. The zero-order valence-electron chi connectivity index (χ0n) is 63.4. The fourth-order valence-electron chi connectivity index (χ4n) is 10.7. The van der Waals surface area contributed by atoms with E-state index in [0.717, 1.165) is 173 Å². The van der Waals surface area contributed by atoms with Crippen LogP contribution in [0.2, 0.25) is 0 Å². The maximum absolute atomic E-state index is 13.1. The topological polar surface area (TPSA) is 237 Å². The molecule has 3 N–H and O–H groups in total. The van der Waals surface area contributed by atoms with Gasteiger partial charge in [0.15, 0.2) is 12.2 Å². The fraction of sp³-hybridized carbons (Fsp3) is 0.778. The van der Waals surface area contributed by atoms with Gasteiger partial charge in [-0.3, -0.25) is 37.3 Å². The molecule has 0 aliphatic carbocycles. The van der Waals surface area contributed by atoms with E-state index in [9.17, 15) is 43.2 Å². The Morgan fingerprint density at radius 3 is 0.770 bits per heavy atom. The molecule has 0 radical (unpaired) electrons. The smallest absolute Gasteiger partial charge is 0.462 e. The summed E-state index contributed by atoms with van der Waals surface area (Å²) in [6.07, 6.45) is 75.6. The van der Waals surface area contributed by atoms with E-state index < -0.39 is 97.5 Å². The van der Waals surface area contributed by atoms with Crippen LogP contribution in [0.1, 0.15) is 349 Å². The first-order valence-corrected chi connectivity index (χ1v) is 42.8. The number of unbranched alkanes of at least 4 members (excludes halogenated alkanes) is 35. The van der Waals surface area contributed by atoms with Gasteiger partial charge in [-0.15, -0.1) is 0 Å². The molecular formula is C81H144O17P2. The van der Waals surface area contributed by atoms with Crippen LogP contribution in [0.5, 0.6) is 0 Å². The molecule has 0 aromatic heterocycles. The SMILES string of the molecule is CCCCC/C=C\C/C=C\C/C=C\CCCCCCCCC(=O)OCC(COP(=O)(O)OCC(O)COP(=O)(O)OCC(COC(=O)CCCCCCC/C=C\C/C=C\CCCCC)OC(=O)CCCCCCC/C=C\C/C=C\CCCCC)OC(=O)CCCCCCCCCCCCC. The van der Waals surface area contributed by atoms with Crippen molar-refractivity contribution in [3.63, 3.8) is 0 Å². The lowest BCUT2D eigenvalue weighted by Crippen LogP contribution is -2.30. The minimum Gasteiger partial charge on any atom is -0.462 e. The average Bonchev–Trinajstić information content (AvgIpc) is 0.953. The van der Waals surface area contributed by atoms with Gasteiger partial charge in [-0.05, 0) is 128 Å². The summed E-state index contributed by atoms with van der Waals surface area (Å²) in [7, 11) is -9.95. The molecule has 0 rings (SSSR count). The van der Waals surface area contributed by atoms with Gasteiger partial charge >= 0.3 is 39.5 Å². The van der Waals surface area contributed by atoms with E-state index in [2.05, 4.69) is 113 Å². The molecule has 0 bridgehead atoms. The molecule has 0 aliphatic heterocycles. The molecule has 5 atom stereocenters. The predicted octanol–water partition coefficient (Wildman–Crippen LogP) is 23.0. The number of hydrogen-bond donors (Lipinski definition) is 3. The van der Waals surface area contributed by atoms with Crippen molar-refractivity contribution < 1.29 is 80.2 Å². The first-order valence-electron chi connectivity index (χ1n) is 39.8. The standard InChI is InChI=1S/C81H144O17P2/c1-5-9-13-17-21-25-29-32-35-36-37-38-41-43-47-50-54-58-62-66-79(84)91-71-76(97-80(85)67-63-59-55-51-45-28-24-20-16-12-8-4)73-95-99(87,88)93-69-75(82)70-94-100(89,90)96-74-77(98-81(86)68-64-60-56-52-48-44-40-34-31-27-23-19-15-11-7-3)72-92-78(83)65-61-57-53-49-46-42-39-33-30-26-22-18-14-10-6-2/h21-23,25-27,32-35,37-40,75-77,82H,5-20,24,28-31,36,41-74H2,1-4H3,(H,87,88)(H,89,90)/b25-21-,26-22-,27-23-,35-32-,38-37-,39-33-,40-34-. The number of aliphatic hydroxyl groups is 1. The molecular weight excluding hydrogens is 1310 g/mol. The highest BCUT2D eigenvalue weighted by atomic mass is 31.2. The van der Waals surface area contributed by atoms with E-state index in [-0.39, 0.29) is 25.7 Å². The highest BCUT2D eigenvalue weighted by Gasteiger charge is 2.30. The molecule has 100 heavy (non-hydrogen) atoms. The normalized spacial score (nSPS) is 14.3. The summed E-state index contributed by atoms with van der Waals surface area (Å²) >= 11 is 0. The summed E-state index contributed by atoms with van der Waals surface area (Å²) in [5, 5.41) is 10.6. The van der Waals surface area contributed by atoms with Crippen LogP contribution in [0.4, 0.5) is 0 Å². The number of carbonyl (C=O) groups is 4. The summed E-state index contributed by atoms with van der Waals surface area (Å²) < 4.78 is 68.5. The quantitative estimate of drug-likeness (QED) is 0.0169. The summed E-state index contributed by atoms with van der Waals surface area (Å²) in [6.45, 7) is 4.78. The van der Waals surface area contributed by atoms with Crippen molar-refractivity contribution in [2.75, 3.05) is 39.6 Å². The number of allylic oxidation sites excluding steroid dienone is 14. The molecule has 19 heteroatoms. The lowest BCUT2D eigenvalue weighted by atomic mass is 10.1. The van der Waals surface area contributed by atoms with E-state index in [1.807, 2.05) is 0 Å². The number of phosphoric ester groups is 2. The van der Waals surface area contributed by atoms with Crippen LogP contribution in [-0.4, -0.2) is 96.7 Å². The van der Waals surface area contributed by atoms with Crippen LogP contribution in [0.25, 0.3) is 0 Å². The molecule has 0 saturated carbocycles. The summed E-state index contributed by atoms with van der Waals surface area (Å²) in [6, 6.07) is 0. The molecule has 17 nitrogen and oxygen atoms in total. The van der Waals surface area contributed by atoms with E-state index in [1.54, 1.807) is 0 Å². The Morgan fingerprint density at radius 1 is 0.280 bits per heavy atom. The minimum absolute atomic E-state index is 0.0775. The van der Waals surface area contributed by atoms with Crippen LogP contribution >= 0.6 is 15.6 Å². The maximum atomic E-state index is 13.1. The van der Waals surface area contributed by atoms with Gasteiger partial charge in [0, 0.05) is 25.7 Å². The Balaban J connectivity index is 5.32. The van der Waals surface area contributed by atoms with Crippen LogP contribution in [-0.2, 0) is 65.4 Å². The largest absolute Gasteiger partial charge is 0.472 e. The number of aliphatic hydroxyl groups excluding tert-OH is 1. The van der Waals surface area contributed by atoms with Crippen LogP contribution in [0.15, 0.2) is 85.1 Å². The molecule has 0 aromatic rings. The van der Waals surface area contributed by atoms with Gasteiger partial charge in [0.2, 0.25) is 0 Å². The van der Waals surface area contributed by atoms with Gasteiger partial charge in [0.05, 0.1) is 26.4 Å². The lowest BCUT2D eigenvalue weighted by molar-refractivity contribution is -0.161. The summed E-state index contributed by atoms with van der Waals surface area (Å²) in [5.41, 5.74) is 0. The average molecular weight is 1450 g/mol. The Labute approximate surface area is 608 Å². The van der Waals surface area contributed by atoms with E-state index in [4.69, 9.17) is 37.0 Å². The molecule has 0 aromatic carbocycles. The third-order valence-electron chi connectivity index (χ3n) is 16.8. The molecule has 580 valence electrons. The molecule has 0 heterocycles. The molecule has 5 unspecified atom stereocenters. The molecule has 0 fully saturated rings. The summed E-state index contributed by atoms with van der Waals surface area (Å²) in [5.74, 6) is -2.20.